The number of hydrogen-bond acceptors (Lipinski definition) is 5. The number of carbonyl (C=O) groups excluding carboxylic acids is 1. The van der Waals surface area contributed by atoms with Gasteiger partial charge in [0.25, 0.3) is 5.56 Å². The van der Waals surface area contributed by atoms with Crippen LogP contribution in [-0.4, -0.2) is 30.0 Å². The molecular weight excluding hydrogens is 472 g/mol. The smallest absolute Gasteiger partial charge is 0.275 e. The summed E-state index contributed by atoms with van der Waals surface area (Å²) in [5.74, 6) is 0.0943. The Balaban J connectivity index is 1.63. The zero-order valence-corrected chi connectivity index (χ0v) is 20.3. The molecule has 0 bridgehead atoms. The van der Waals surface area contributed by atoms with Gasteiger partial charge < -0.3 is 5.73 Å². The molecule has 2 N–H and O–H groups in total. The number of aromatic nitrogens is 5. The molecule has 0 aliphatic rings. The predicted octanol–water partition coefficient (Wildman–Crippen LogP) is 3.63. The van der Waals surface area contributed by atoms with Crippen LogP contribution >= 0.6 is 12.2 Å². The highest BCUT2D eigenvalue weighted by Crippen LogP contribution is 2.18. The van der Waals surface area contributed by atoms with E-state index >= 15 is 0 Å². The lowest BCUT2D eigenvalue weighted by molar-refractivity contribution is -0.118. The number of nitrogens with two attached hydrogens (primary N) is 1. The Morgan fingerprint density at radius 2 is 1.47 bits per heavy atom. The van der Waals surface area contributed by atoms with Crippen molar-refractivity contribution in [1.82, 2.24) is 24.1 Å². The Morgan fingerprint density at radius 3 is 2.17 bits per heavy atom. The summed E-state index contributed by atoms with van der Waals surface area (Å²) in [7, 11) is 0. The van der Waals surface area contributed by atoms with Crippen molar-refractivity contribution < 1.29 is 4.79 Å². The number of hydrogen-bond donors (Lipinski definition) is 1. The van der Waals surface area contributed by atoms with Gasteiger partial charge in [-0.3, -0.25) is 14.2 Å². The monoisotopic (exact) mass is 496 g/mol. The van der Waals surface area contributed by atoms with Crippen LogP contribution in [0.2, 0.25) is 0 Å². The summed E-state index contributed by atoms with van der Waals surface area (Å²) in [4.78, 5) is 24.8. The zero-order valence-electron chi connectivity index (χ0n) is 19.4. The van der Waals surface area contributed by atoms with E-state index in [4.69, 9.17) is 23.1 Å². The van der Waals surface area contributed by atoms with Crippen molar-refractivity contribution >= 4 is 28.9 Å². The van der Waals surface area contributed by atoms with E-state index in [2.05, 4.69) is 5.10 Å². The number of primary amides is 1. The van der Waals surface area contributed by atoms with Crippen LogP contribution in [0.1, 0.15) is 23.5 Å². The van der Waals surface area contributed by atoms with Gasteiger partial charge in [0.15, 0.2) is 5.82 Å². The molecule has 5 rings (SSSR count). The lowest BCUT2D eigenvalue weighted by Crippen LogP contribution is -2.26. The quantitative estimate of drug-likeness (QED) is 0.331. The van der Waals surface area contributed by atoms with Gasteiger partial charge in [0.05, 0.1) is 17.6 Å². The minimum atomic E-state index is -0.439. The third kappa shape index (κ3) is 4.73. The van der Waals surface area contributed by atoms with E-state index in [-0.39, 0.29) is 25.1 Å². The molecule has 0 aliphatic carbocycles. The van der Waals surface area contributed by atoms with Gasteiger partial charge in [-0.2, -0.15) is 10.2 Å². The highest BCUT2D eigenvalue weighted by molar-refractivity contribution is 7.71. The molecule has 2 heterocycles. The normalized spacial score (nSPS) is 11.1. The van der Waals surface area contributed by atoms with Crippen molar-refractivity contribution in [3.05, 3.63) is 117 Å². The number of nitrogens with zero attached hydrogens (tertiary/aromatic N) is 5. The Labute approximate surface area is 212 Å². The van der Waals surface area contributed by atoms with Crippen LogP contribution in [0.5, 0.6) is 0 Å². The minimum Gasteiger partial charge on any atom is -0.370 e. The average molecular weight is 497 g/mol. The van der Waals surface area contributed by atoms with Crippen LogP contribution in [0.15, 0.2) is 89.7 Å². The molecule has 8 nitrogen and oxygen atoms in total. The van der Waals surface area contributed by atoms with Crippen molar-refractivity contribution in [2.24, 2.45) is 5.73 Å². The molecule has 36 heavy (non-hydrogen) atoms. The lowest BCUT2D eigenvalue weighted by atomic mass is 10.0. The van der Waals surface area contributed by atoms with Crippen LogP contribution < -0.4 is 11.3 Å². The fraction of sp³-hybridized carbons (Fsp3) is 0.148. The molecule has 0 spiro atoms. The van der Waals surface area contributed by atoms with Crippen LogP contribution in [0.4, 0.5) is 0 Å². The summed E-state index contributed by atoms with van der Waals surface area (Å²) < 4.78 is 5.22. The third-order valence-electron chi connectivity index (χ3n) is 5.94. The van der Waals surface area contributed by atoms with E-state index in [1.54, 1.807) is 9.25 Å². The van der Waals surface area contributed by atoms with Crippen LogP contribution in [-0.2, 0) is 24.3 Å². The second-order valence-corrected chi connectivity index (χ2v) is 8.79. The van der Waals surface area contributed by atoms with E-state index in [1.165, 1.54) is 4.68 Å². The Morgan fingerprint density at radius 1 is 0.833 bits per heavy atom. The highest BCUT2D eigenvalue weighted by atomic mass is 32.1. The molecule has 3 aromatic carbocycles. The highest BCUT2D eigenvalue weighted by Gasteiger charge is 2.17. The number of carbonyl (C=O) groups is 1. The SMILES string of the molecule is NC(=O)CCn1nc(Cn2nc(Cc3ccccc3)c3ccccc3c2=O)n(-c2ccccc2)c1=S. The predicted molar refractivity (Wildman–Crippen MR) is 141 cm³/mol. The van der Waals surface area contributed by atoms with E-state index in [0.29, 0.717) is 22.4 Å². The van der Waals surface area contributed by atoms with Crippen molar-refractivity contribution in [2.45, 2.75) is 25.9 Å². The second kappa shape index (κ2) is 10.1. The number of aryl methyl sites for hydroxylation is 1. The summed E-state index contributed by atoms with van der Waals surface area (Å²) in [5.41, 5.74) is 7.84. The minimum absolute atomic E-state index is 0.105. The molecule has 9 heteroatoms. The standard InChI is InChI=1S/C27H24N6O2S/c28-24(34)15-16-31-27(36)33(20-11-5-2-6-12-20)25(30-31)18-32-26(35)22-14-8-7-13-21(22)23(29-32)17-19-9-3-1-4-10-19/h1-14H,15-18H2,(H2,28,34). The molecule has 1 amide bonds. The van der Waals surface area contributed by atoms with Gasteiger partial charge in [-0.15, -0.1) is 0 Å². The first kappa shape index (κ1) is 23.4. The van der Waals surface area contributed by atoms with Crippen molar-refractivity contribution in [1.29, 1.82) is 0 Å². The zero-order chi connectivity index (χ0) is 25.1. The third-order valence-corrected chi connectivity index (χ3v) is 6.33. The van der Waals surface area contributed by atoms with Gasteiger partial charge in [0.1, 0.15) is 6.54 Å². The molecule has 0 saturated carbocycles. The fourth-order valence-electron chi connectivity index (χ4n) is 4.22. The Bertz CT molecular complexity index is 1660. The summed E-state index contributed by atoms with van der Waals surface area (Å²) in [6.07, 6.45) is 0.689. The number of fused-ring (bicyclic) bond motifs is 1. The van der Waals surface area contributed by atoms with E-state index < -0.39 is 5.91 Å². The summed E-state index contributed by atoms with van der Waals surface area (Å²) in [5, 5.41) is 10.9. The molecule has 0 aliphatic heterocycles. The largest absolute Gasteiger partial charge is 0.370 e. The molecule has 0 unspecified atom stereocenters. The molecule has 5 aromatic rings. The maximum atomic E-state index is 13.5. The van der Waals surface area contributed by atoms with Gasteiger partial charge in [-0.1, -0.05) is 66.7 Å². The summed E-state index contributed by atoms with van der Waals surface area (Å²) in [6.45, 7) is 0.355. The molecule has 0 radical (unpaired) electrons. The van der Waals surface area contributed by atoms with E-state index in [1.807, 2.05) is 84.9 Å². The van der Waals surface area contributed by atoms with Crippen molar-refractivity contribution in [3.8, 4) is 5.69 Å². The van der Waals surface area contributed by atoms with Gasteiger partial charge in [0.2, 0.25) is 10.7 Å². The van der Waals surface area contributed by atoms with Gasteiger partial charge in [0, 0.05) is 23.9 Å². The molecular formula is C27H24N6O2S. The van der Waals surface area contributed by atoms with Gasteiger partial charge in [-0.05, 0) is 36.0 Å². The Kier molecular flexibility index (Phi) is 6.55. The van der Waals surface area contributed by atoms with Crippen LogP contribution in [0.3, 0.4) is 0 Å². The van der Waals surface area contributed by atoms with Gasteiger partial charge >= 0.3 is 0 Å². The second-order valence-electron chi connectivity index (χ2n) is 8.43. The van der Waals surface area contributed by atoms with Gasteiger partial charge in [-0.25, -0.2) is 9.36 Å². The maximum absolute atomic E-state index is 13.5. The molecule has 2 aromatic heterocycles. The van der Waals surface area contributed by atoms with E-state index in [0.717, 1.165) is 22.3 Å². The first-order chi connectivity index (χ1) is 17.5. The summed E-state index contributed by atoms with van der Waals surface area (Å²) in [6, 6.07) is 27.1. The molecule has 0 atom stereocenters. The first-order valence-corrected chi connectivity index (χ1v) is 12.0. The summed E-state index contributed by atoms with van der Waals surface area (Å²) >= 11 is 5.69. The average Bonchev–Trinajstić information content (AvgIpc) is 3.21. The van der Waals surface area contributed by atoms with E-state index in [9.17, 15) is 9.59 Å². The van der Waals surface area contributed by atoms with Crippen molar-refractivity contribution in [2.75, 3.05) is 0 Å². The molecule has 180 valence electrons. The van der Waals surface area contributed by atoms with Crippen molar-refractivity contribution in [3.63, 3.8) is 0 Å². The van der Waals surface area contributed by atoms with Crippen LogP contribution in [0.25, 0.3) is 16.5 Å². The van der Waals surface area contributed by atoms with Crippen LogP contribution in [0, 0.1) is 4.77 Å². The number of rotatable bonds is 8. The number of para-hydroxylation sites is 1. The molecule has 0 fully saturated rings. The fourth-order valence-corrected chi connectivity index (χ4v) is 4.56. The maximum Gasteiger partial charge on any atom is 0.275 e. The Hall–Kier alpha value is -4.37. The number of benzene rings is 3. The molecule has 0 saturated heterocycles. The number of amides is 1. The first-order valence-electron chi connectivity index (χ1n) is 11.6. The lowest BCUT2D eigenvalue weighted by Gasteiger charge is -2.12. The topological polar surface area (TPSA) is 101 Å².